The molecule has 1 aliphatic rings. The number of hydrogen-bond donors (Lipinski definition) is 1. The molecule has 0 fully saturated rings. The number of carbonyl (C=O) groups excluding carboxylic acids is 1. The number of nitrogens with zero attached hydrogens (tertiary/aromatic N) is 1. The lowest BCUT2D eigenvalue weighted by atomic mass is 10.1. The molecule has 4 aromatic rings. The molecule has 25 heavy (non-hydrogen) atoms. The van der Waals surface area contributed by atoms with Crippen LogP contribution >= 0.6 is 11.3 Å². The van der Waals surface area contributed by atoms with E-state index in [-0.39, 0.29) is 12.7 Å². The van der Waals surface area contributed by atoms with E-state index in [2.05, 4.69) is 22.4 Å². The van der Waals surface area contributed by atoms with E-state index in [4.69, 9.17) is 9.47 Å². The van der Waals surface area contributed by atoms with Crippen molar-refractivity contribution in [2.75, 3.05) is 12.1 Å². The highest BCUT2D eigenvalue weighted by Gasteiger charge is 2.17. The normalized spacial score (nSPS) is 12.6. The molecule has 0 atom stereocenters. The Bertz CT molecular complexity index is 1140. The van der Waals surface area contributed by atoms with Gasteiger partial charge in [-0.05, 0) is 29.7 Å². The molecule has 0 aliphatic carbocycles. The van der Waals surface area contributed by atoms with Gasteiger partial charge in [0.25, 0.3) is 5.91 Å². The first-order valence-electron chi connectivity index (χ1n) is 7.77. The highest BCUT2D eigenvalue weighted by Crippen LogP contribution is 2.34. The van der Waals surface area contributed by atoms with Crippen LogP contribution in [0.3, 0.4) is 0 Å². The zero-order valence-electron chi connectivity index (χ0n) is 13.0. The highest BCUT2D eigenvalue weighted by molar-refractivity contribution is 7.22. The van der Waals surface area contributed by atoms with E-state index in [1.54, 1.807) is 18.2 Å². The van der Waals surface area contributed by atoms with Crippen LogP contribution in [-0.4, -0.2) is 17.7 Å². The van der Waals surface area contributed by atoms with Crippen LogP contribution < -0.4 is 14.8 Å². The van der Waals surface area contributed by atoms with Crippen molar-refractivity contribution in [1.29, 1.82) is 0 Å². The molecular formula is C19H12N2O3S. The molecule has 1 aliphatic heterocycles. The van der Waals surface area contributed by atoms with Gasteiger partial charge in [0.15, 0.2) is 16.6 Å². The van der Waals surface area contributed by atoms with Crippen LogP contribution in [-0.2, 0) is 0 Å². The fourth-order valence-electron chi connectivity index (χ4n) is 2.92. The van der Waals surface area contributed by atoms with Crippen molar-refractivity contribution in [3.63, 3.8) is 0 Å². The van der Waals surface area contributed by atoms with Gasteiger partial charge in [0.2, 0.25) is 6.79 Å². The van der Waals surface area contributed by atoms with Gasteiger partial charge in [-0.1, -0.05) is 41.7 Å². The predicted molar refractivity (Wildman–Crippen MR) is 97.6 cm³/mol. The molecule has 0 saturated carbocycles. The van der Waals surface area contributed by atoms with Crippen molar-refractivity contribution in [1.82, 2.24) is 4.98 Å². The molecule has 6 heteroatoms. The monoisotopic (exact) mass is 348 g/mol. The summed E-state index contributed by atoms with van der Waals surface area (Å²) in [7, 11) is 0. The third kappa shape index (κ3) is 2.38. The first-order valence-corrected chi connectivity index (χ1v) is 8.59. The lowest BCUT2D eigenvalue weighted by Gasteiger charge is -2.02. The maximum absolute atomic E-state index is 12.5. The van der Waals surface area contributed by atoms with Gasteiger partial charge >= 0.3 is 0 Å². The van der Waals surface area contributed by atoms with Crippen molar-refractivity contribution in [2.45, 2.75) is 0 Å². The fourth-order valence-corrected chi connectivity index (χ4v) is 3.80. The summed E-state index contributed by atoms with van der Waals surface area (Å²) in [5.74, 6) is 1.02. The molecule has 1 amide bonds. The number of fused-ring (bicyclic) bond motifs is 4. The topological polar surface area (TPSA) is 60.5 Å². The standard InChI is InChI=1S/C19H12N2O3S/c22-18(12-5-7-14-15(9-12)24-10-23-14)21-19-20-17-13-4-2-1-3-11(13)6-8-16(17)25-19/h1-9H,10H2,(H,20,21,22). The number of thiazole rings is 1. The number of amides is 1. The molecule has 0 saturated heterocycles. The van der Waals surface area contributed by atoms with Gasteiger partial charge in [-0.25, -0.2) is 4.98 Å². The van der Waals surface area contributed by atoms with E-state index in [0.717, 1.165) is 21.0 Å². The minimum atomic E-state index is -0.221. The first-order chi connectivity index (χ1) is 12.3. The van der Waals surface area contributed by atoms with Gasteiger partial charge in [0, 0.05) is 10.9 Å². The average molecular weight is 348 g/mol. The van der Waals surface area contributed by atoms with E-state index in [1.807, 2.05) is 24.3 Å². The number of nitrogens with one attached hydrogen (secondary N) is 1. The third-order valence-electron chi connectivity index (χ3n) is 4.14. The number of aromatic nitrogens is 1. The molecule has 1 N–H and O–H groups in total. The minimum absolute atomic E-state index is 0.186. The maximum Gasteiger partial charge on any atom is 0.257 e. The molecule has 0 unspecified atom stereocenters. The maximum atomic E-state index is 12.5. The Labute approximate surface area is 146 Å². The second-order valence-electron chi connectivity index (χ2n) is 5.67. The summed E-state index contributed by atoms with van der Waals surface area (Å²) >= 11 is 1.46. The highest BCUT2D eigenvalue weighted by atomic mass is 32.1. The Morgan fingerprint density at radius 3 is 2.88 bits per heavy atom. The SMILES string of the molecule is O=C(Nc1nc2c(ccc3ccccc32)s1)c1ccc2c(c1)OCO2. The Hall–Kier alpha value is -3.12. The molecule has 5 rings (SSSR count). The second-order valence-corrected chi connectivity index (χ2v) is 6.71. The van der Waals surface area contributed by atoms with Gasteiger partial charge in [-0.3, -0.25) is 10.1 Å². The molecule has 122 valence electrons. The van der Waals surface area contributed by atoms with E-state index in [1.165, 1.54) is 11.3 Å². The van der Waals surface area contributed by atoms with Crippen LogP contribution in [0, 0.1) is 0 Å². The zero-order valence-corrected chi connectivity index (χ0v) is 13.8. The molecule has 2 heterocycles. The van der Waals surface area contributed by atoms with Crippen LogP contribution in [0.5, 0.6) is 11.5 Å². The molecule has 0 bridgehead atoms. The van der Waals surface area contributed by atoms with E-state index >= 15 is 0 Å². The zero-order chi connectivity index (χ0) is 16.8. The summed E-state index contributed by atoms with van der Waals surface area (Å²) in [6.07, 6.45) is 0. The molecule has 0 radical (unpaired) electrons. The van der Waals surface area contributed by atoms with Crippen LogP contribution in [0.25, 0.3) is 21.0 Å². The van der Waals surface area contributed by atoms with Crippen LogP contribution in [0.4, 0.5) is 5.13 Å². The Morgan fingerprint density at radius 1 is 1.04 bits per heavy atom. The van der Waals surface area contributed by atoms with Gasteiger partial charge in [0.05, 0.1) is 10.2 Å². The van der Waals surface area contributed by atoms with Gasteiger partial charge in [0.1, 0.15) is 0 Å². The Kier molecular flexibility index (Phi) is 3.11. The van der Waals surface area contributed by atoms with Gasteiger partial charge in [-0.15, -0.1) is 0 Å². The number of carbonyl (C=O) groups is 1. The van der Waals surface area contributed by atoms with Crippen LogP contribution in [0.2, 0.25) is 0 Å². The number of anilines is 1. The summed E-state index contributed by atoms with van der Waals surface area (Å²) in [4.78, 5) is 17.1. The number of ether oxygens (including phenoxy) is 2. The Morgan fingerprint density at radius 2 is 1.92 bits per heavy atom. The number of rotatable bonds is 2. The third-order valence-corrected chi connectivity index (χ3v) is 5.07. The van der Waals surface area contributed by atoms with Crippen molar-refractivity contribution in [3.8, 4) is 11.5 Å². The quantitative estimate of drug-likeness (QED) is 0.582. The summed E-state index contributed by atoms with van der Waals surface area (Å²) in [5.41, 5.74) is 1.41. The van der Waals surface area contributed by atoms with Gasteiger partial charge < -0.3 is 9.47 Å². The summed E-state index contributed by atoms with van der Waals surface area (Å²) in [6, 6.07) is 17.3. The summed E-state index contributed by atoms with van der Waals surface area (Å²) in [5, 5.41) is 5.67. The van der Waals surface area contributed by atoms with E-state index in [0.29, 0.717) is 22.2 Å². The molecule has 1 aromatic heterocycles. The van der Waals surface area contributed by atoms with Crippen LogP contribution in [0.1, 0.15) is 10.4 Å². The fraction of sp³-hybridized carbons (Fsp3) is 0.0526. The summed E-state index contributed by atoms with van der Waals surface area (Å²) in [6.45, 7) is 0.186. The van der Waals surface area contributed by atoms with Crippen molar-refractivity contribution in [3.05, 3.63) is 60.2 Å². The number of benzene rings is 3. The smallest absolute Gasteiger partial charge is 0.257 e. The van der Waals surface area contributed by atoms with Gasteiger partial charge in [-0.2, -0.15) is 0 Å². The first kappa shape index (κ1) is 14.2. The second kappa shape index (κ2) is 5.46. The predicted octanol–water partition coefficient (Wildman–Crippen LogP) is 4.43. The minimum Gasteiger partial charge on any atom is -0.454 e. The average Bonchev–Trinajstić information content (AvgIpc) is 3.27. The summed E-state index contributed by atoms with van der Waals surface area (Å²) < 4.78 is 11.6. The van der Waals surface area contributed by atoms with Crippen molar-refractivity contribution in [2.24, 2.45) is 0 Å². The van der Waals surface area contributed by atoms with E-state index < -0.39 is 0 Å². The number of hydrogen-bond acceptors (Lipinski definition) is 5. The van der Waals surface area contributed by atoms with E-state index in [9.17, 15) is 4.79 Å². The van der Waals surface area contributed by atoms with Crippen LogP contribution in [0.15, 0.2) is 54.6 Å². The Balaban J connectivity index is 1.49. The molecule has 5 nitrogen and oxygen atoms in total. The molecule has 3 aromatic carbocycles. The van der Waals surface area contributed by atoms with Crippen molar-refractivity contribution < 1.29 is 14.3 Å². The molecular weight excluding hydrogens is 336 g/mol. The lowest BCUT2D eigenvalue weighted by molar-refractivity contribution is 0.102. The lowest BCUT2D eigenvalue weighted by Crippen LogP contribution is -2.11. The largest absolute Gasteiger partial charge is 0.454 e. The van der Waals surface area contributed by atoms with Crippen molar-refractivity contribution >= 4 is 43.4 Å². The molecule has 0 spiro atoms.